The average molecular weight is 322 g/mol. The molecule has 0 amide bonds. The van der Waals surface area contributed by atoms with Crippen LogP contribution < -0.4 is 0 Å². The number of rotatable bonds is 2. The lowest BCUT2D eigenvalue weighted by atomic mass is 10.1. The summed E-state index contributed by atoms with van der Waals surface area (Å²) in [7, 11) is 0. The van der Waals surface area contributed by atoms with E-state index in [2.05, 4.69) is 0 Å². The Hall–Kier alpha value is -0.740. The maximum absolute atomic E-state index is 10.9. The molecule has 0 fully saturated rings. The topological polar surface area (TPSA) is 37.3 Å². The second kappa shape index (κ2) is 5.10. The van der Waals surface area contributed by atoms with Gasteiger partial charge in [0.05, 0.1) is 10.0 Å². The summed E-state index contributed by atoms with van der Waals surface area (Å²) >= 11 is 19.2. The summed E-state index contributed by atoms with van der Waals surface area (Å²) in [5.74, 6) is -0.962. The van der Waals surface area contributed by atoms with E-state index >= 15 is 0 Å². The molecule has 0 aliphatic rings. The van der Waals surface area contributed by atoms with E-state index in [0.717, 1.165) is 21.8 Å². The fraction of sp³-hybridized carbons (Fsp3) is 0.0833. The number of carboxylic acid groups (broad SMARTS) is 1. The Morgan fingerprint density at radius 2 is 1.72 bits per heavy atom. The number of aryl methyl sites for hydroxylation is 1. The Bertz CT molecular complexity index is 611. The predicted octanol–water partition coefficient (Wildman–Crippen LogP) is 5.38. The molecule has 2 rings (SSSR count). The number of thiophene rings is 1. The zero-order valence-corrected chi connectivity index (χ0v) is 12.2. The quantitative estimate of drug-likeness (QED) is 0.806. The first kappa shape index (κ1) is 13.7. The molecule has 1 N–H and O–H groups in total. The molecule has 6 heteroatoms. The molecule has 0 atom stereocenters. The molecular formula is C12H7Cl3O2S. The van der Waals surface area contributed by atoms with Crippen LogP contribution in [0.1, 0.15) is 15.2 Å². The van der Waals surface area contributed by atoms with E-state index in [1.54, 1.807) is 18.2 Å². The van der Waals surface area contributed by atoms with Crippen molar-refractivity contribution in [2.45, 2.75) is 6.92 Å². The van der Waals surface area contributed by atoms with Crippen LogP contribution in [-0.2, 0) is 0 Å². The number of hydrogen-bond donors (Lipinski definition) is 1. The van der Waals surface area contributed by atoms with Crippen molar-refractivity contribution in [3.63, 3.8) is 0 Å². The fourth-order valence-corrected chi connectivity index (χ4v) is 3.80. The highest BCUT2D eigenvalue weighted by Crippen LogP contribution is 2.42. The lowest BCUT2D eigenvalue weighted by molar-refractivity contribution is 0.0702. The van der Waals surface area contributed by atoms with Gasteiger partial charge in [-0.05, 0) is 30.7 Å². The van der Waals surface area contributed by atoms with Crippen molar-refractivity contribution in [1.82, 2.24) is 0 Å². The van der Waals surface area contributed by atoms with Gasteiger partial charge in [0.25, 0.3) is 0 Å². The fourth-order valence-electron chi connectivity index (χ4n) is 1.59. The Labute approximate surface area is 123 Å². The Kier molecular flexibility index (Phi) is 3.87. The van der Waals surface area contributed by atoms with Crippen molar-refractivity contribution >= 4 is 52.1 Å². The van der Waals surface area contributed by atoms with E-state index in [9.17, 15) is 4.79 Å². The molecule has 0 bridgehead atoms. The van der Waals surface area contributed by atoms with Gasteiger partial charge in [0.2, 0.25) is 0 Å². The minimum Gasteiger partial charge on any atom is -0.477 e. The Morgan fingerprint density at radius 3 is 2.17 bits per heavy atom. The Morgan fingerprint density at radius 1 is 1.17 bits per heavy atom. The zero-order chi connectivity index (χ0) is 13.4. The first-order valence-electron chi connectivity index (χ1n) is 4.88. The van der Waals surface area contributed by atoms with E-state index in [-0.39, 0.29) is 4.88 Å². The third-order valence-electron chi connectivity index (χ3n) is 2.36. The summed E-state index contributed by atoms with van der Waals surface area (Å²) in [6, 6.07) is 4.78. The summed E-state index contributed by atoms with van der Waals surface area (Å²) in [6.45, 7) is 1.82. The van der Waals surface area contributed by atoms with Crippen LogP contribution in [-0.4, -0.2) is 11.1 Å². The standard InChI is InChI=1S/C12H7Cl3O2S/c1-5-2-9(12(16)17)18-11(5)10-7(14)3-6(13)4-8(10)15/h2-4H,1H3,(H,16,17). The van der Waals surface area contributed by atoms with Crippen LogP contribution in [0, 0.1) is 6.92 Å². The minimum atomic E-state index is -0.962. The van der Waals surface area contributed by atoms with Crippen molar-refractivity contribution in [1.29, 1.82) is 0 Å². The highest BCUT2D eigenvalue weighted by Gasteiger charge is 2.17. The summed E-state index contributed by atoms with van der Waals surface area (Å²) in [4.78, 5) is 11.9. The summed E-state index contributed by atoms with van der Waals surface area (Å²) < 4.78 is 0. The van der Waals surface area contributed by atoms with Gasteiger partial charge in [0.15, 0.2) is 0 Å². The maximum atomic E-state index is 10.9. The first-order chi connectivity index (χ1) is 8.40. The molecule has 0 unspecified atom stereocenters. The summed E-state index contributed by atoms with van der Waals surface area (Å²) in [6.07, 6.45) is 0. The van der Waals surface area contributed by atoms with Gasteiger partial charge in [-0.3, -0.25) is 0 Å². The van der Waals surface area contributed by atoms with Gasteiger partial charge < -0.3 is 5.11 Å². The molecule has 0 saturated carbocycles. The van der Waals surface area contributed by atoms with Gasteiger partial charge >= 0.3 is 5.97 Å². The molecule has 0 aliphatic heterocycles. The van der Waals surface area contributed by atoms with Crippen LogP contribution in [0.25, 0.3) is 10.4 Å². The minimum absolute atomic E-state index is 0.254. The van der Waals surface area contributed by atoms with Crippen LogP contribution in [0.3, 0.4) is 0 Å². The second-order valence-corrected chi connectivity index (χ2v) is 5.98. The lowest BCUT2D eigenvalue weighted by Gasteiger charge is -2.06. The van der Waals surface area contributed by atoms with Crippen molar-refractivity contribution in [3.8, 4) is 10.4 Å². The predicted molar refractivity (Wildman–Crippen MR) is 76.5 cm³/mol. The van der Waals surface area contributed by atoms with Crippen molar-refractivity contribution in [3.05, 3.63) is 43.7 Å². The van der Waals surface area contributed by atoms with Crippen LogP contribution in [0.15, 0.2) is 18.2 Å². The van der Waals surface area contributed by atoms with Crippen LogP contribution >= 0.6 is 46.1 Å². The number of hydrogen-bond acceptors (Lipinski definition) is 2. The number of aromatic carboxylic acids is 1. The molecule has 2 nitrogen and oxygen atoms in total. The van der Waals surface area contributed by atoms with E-state index in [4.69, 9.17) is 39.9 Å². The molecule has 18 heavy (non-hydrogen) atoms. The monoisotopic (exact) mass is 320 g/mol. The zero-order valence-electron chi connectivity index (χ0n) is 9.13. The van der Waals surface area contributed by atoms with Crippen molar-refractivity contribution in [2.24, 2.45) is 0 Å². The molecule has 1 heterocycles. The number of benzene rings is 1. The molecular weight excluding hydrogens is 315 g/mol. The van der Waals surface area contributed by atoms with Crippen LogP contribution in [0.5, 0.6) is 0 Å². The molecule has 0 radical (unpaired) electrons. The molecule has 0 aliphatic carbocycles. The summed E-state index contributed by atoms with van der Waals surface area (Å²) in [5, 5.41) is 10.2. The Balaban J connectivity index is 2.66. The van der Waals surface area contributed by atoms with Gasteiger partial charge in [-0.1, -0.05) is 34.8 Å². The number of carbonyl (C=O) groups is 1. The van der Waals surface area contributed by atoms with Crippen molar-refractivity contribution < 1.29 is 9.90 Å². The van der Waals surface area contributed by atoms with Gasteiger partial charge in [-0.25, -0.2) is 4.79 Å². The van der Waals surface area contributed by atoms with Gasteiger partial charge in [0.1, 0.15) is 4.88 Å². The smallest absolute Gasteiger partial charge is 0.345 e. The normalized spacial score (nSPS) is 10.7. The summed E-state index contributed by atoms with van der Waals surface area (Å²) in [5.41, 5.74) is 1.45. The van der Waals surface area contributed by atoms with E-state index in [0.29, 0.717) is 20.6 Å². The third-order valence-corrected chi connectivity index (χ3v) is 4.42. The van der Waals surface area contributed by atoms with Crippen molar-refractivity contribution in [2.75, 3.05) is 0 Å². The molecule has 1 aromatic heterocycles. The number of halogens is 3. The van der Waals surface area contributed by atoms with E-state index < -0.39 is 5.97 Å². The largest absolute Gasteiger partial charge is 0.477 e. The molecule has 0 spiro atoms. The van der Waals surface area contributed by atoms with Gasteiger partial charge in [-0.15, -0.1) is 11.3 Å². The van der Waals surface area contributed by atoms with Crippen LogP contribution in [0.2, 0.25) is 15.1 Å². The SMILES string of the molecule is Cc1cc(C(=O)O)sc1-c1c(Cl)cc(Cl)cc1Cl. The third kappa shape index (κ3) is 2.50. The lowest BCUT2D eigenvalue weighted by Crippen LogP contribution is -1.89. The second-order valence-electron chi connectivity index (χ2n) is 3.67. The molecule has 94 valence electrons. The highest BCUT2D eigenvalue weighted by atomic mass is 35.5. The number of carboxylic acids is 1. The van der Waals surface area contributed by atoms with Gasteiger partial charge in [0, 0.05) is 15.5 Å². The maximum Gasteiger partial charge on any atom is 0.345 e. The first-order valence-corrected chi connectivity index (χ1v) is 6.84. The molecule has 2 aromatic rings. The van der Waals surface area contributed by atoms with Crippen LogP contribution in [0.4, 0.5) is 0 Å². The molecule has 1 aromatic carbocycles. The highest BCUT2D eigenvalue weighted by molar-refractivity contribution is 7.17. The average Bonchev–Trinajstić information content (AvgIpc) is 2.59. The van der Waals surface area contributed by atoms with E-state index in [1.165, 1.54) is 0 Å². The molecule has 0 saturated heterocycles. The van der Waals surface area contributed by atoms with E-state index in [1.807, 2.05) is 6.92 Å². The van der Waals surface area contributed by atoms with Gasteiger partial charge in [-0.2, -0.15) is 0 Å².